The monoisotopic (exact) mass is 242 g/mol. The fourth-order valence-electron chi connectivity index (χ4n) is 1.49. The molecule has 0 fully saturated rings. The molecule has 16 heavy (non-hydrogen) atoms. The fourth-order valence-corrected chi connectivity index (χ4v) is 3.08. The van der Waals surface area contributed by atoms with Crippen molar-refractivity contribution < 1.29 is 8.42 Å². The lowest BCUT2D eigenvalue weighted by Gasteiger charge is -2.13. The predicted octanol–water partition coefficient (Wildman–Crippen LogP) is 1.52. The van der Waals surface area contributed by atoms with Crippen molar-refractivity contribution in [2.75, 3.05) is 5.73 Å². The molecule has 0 amide bonds. The molecule has 0 saturated heterocycles. The number of sulfonamides is 1. The summed E-state index contributed by atoms with van der Waals surface area (Å²) in [4.78, 5) is 0.281. The number of anilines is 1. The van der Waals surface area contributed by atoms with Gasteiger partial charge < -0.3 is 5.73 Å². The molecule has 0 atom stereocenters. The van der Waals surface area contributed by atoms with Gasteiger partial charge in [0.1, 0.15) is 0 Å². The van der Waals surface area contributed by atoms with Gasteiger partial charge in [0, 0.05) is 11.7 Å². The lowest BCUT2D eigenvalue weighted by atomic mass is 10.1. The van der Waals surface area contributed by atoms with Gasteiger partial charge in [-0.2, -0.15) is 0 Å². The highest BCUT2D eigenvalue weighted by atomic mass is 32.2. The molecule has 0 unspecified atom stereocenters. The van der Waals surface area contributed by atoms with Gasteiger partial charge in [-0.25, -0.2) is 13.1 Å². The Morgan fingerprint density at radius 3 is 2.50 bits per heavy atom. The van der Waals surface area contributed by atoms with Crippen LogP contribution in [0.5, 0.6) is 0 Å². The summed E-state index contributed by atoms with van der Waals surface area (Å²) in [5.41, 5.74) is 6.86. The maximum Gasteiger partial charge on any atom is 0.241 e. The van der Waals surface area contributed by atoms with Gasteiger partial charge in [0.15, 0.2) is 0 Å². The van der Waals surface area contributed by atoms with Crippen LogP contribution in [-0.4, -0.2) is 14.5 Å². The molecular weight excluding hydrogens is 224 g/mol. The summed E-state index contributed by atoms with van der Waals surface area (Å²) < 4.78 is 26.6. The SMILES string of the molecule is CCc1ccc(N)cc1S(=O)(=O)NC(C)C. The average Bonchev–Trinajstić information content (AvgIpc) is 2.15. The average molecular weight is 242 g/mol. The van der Waals surface area contributed by atoms with Crippen LogP contribution in [0, 0.1) is 0 Å². The minimum absolute atomic E-state index is 0.129. The molecule has 0 aliphatic heterocycles. The number of hydrogen-bond acceptors (Lipinski definition) is 3. The van der Waals surface area contributed by atoms with Crippen molar-refractivity contribution in [1.82, 2.24) is 4.72 Å². The first kappa shape index (κ1) is 13.0. The zero-order valence-electron chi connectivity index (χ0n) is 9.82. The second-order valence-corrected chi connectivity index (χ2v) is 5.68. The van der Waals surface area contributed by atoms with E-state index >= 15 is 0 Å². The van der Waals surface area contributed by atoms with E-state index in [1.165, 1.54) is 6.07 Å². The van der Waals surface area contributed by atoms with Crippen molar-refractivity contribution in [3.63, 3.8) is 0 Å². The minimum atomic E-state index is -3.45. The Kier molecular flexibility index (Phi) is 3.93. The van der Waals surface area contributed by atoms with E-state index in [9.17, 15) is 8.42 Å². The third kappa shape index (κ3) is 2.96. The van der Waals surface area contributed by atoms with Crippen molar-refractivity contribution in [2.45, 2.75) is 38.1 Å². The lowest BCUT2D eigenvalue weighted by Crippen LogP contribution is -2.31. The number of hydrogen-bond donors (Lipinski definition) is 2. The van der Waals surface area contributed by atoms with E-state index in [4.69, 9.17) is 5.73 Å². The van der Waals surface area contributed by atoms with Crippen LogP contribution < -0.4 is 10.5 Å². The Balaban J connectivity index is 3.25. The normalized spacial score (nSPS) is 12.0. The smallest absolute Gasteiger partial charge is 0.241 e. The van der Waals surface area contributed by atoms with E-state index in [2.05, 4.69) is 4.72 Å². The molecule has 0 aliphatic rings. The predicted molar refractivity (Wildman–Crippen MR) is 65.7 cm³/mol. The molecule has 5 heteroatoms. The van der Waals surface area contributed by atoms with Gasteiger partial charge in [0.25, 0.3) is 0 Å². The molecule has 0 spiro atoms. The van der Waals surface area contributed by atoms with Gasteiger partial charge in [-0.15, -0.1) is 0 Å². The Labute approximate surface area is 96.9 Å². The van der Waals surface area contributed by atoms with E-state index in [0.29, 0.717) is 12.1 Å². The largest absolute Gasteiger partial charge is 0.399 e. The fraction of sp³-hybridized carbons (Fsp3) is 0.455. The summed E-state index contributed by atoms with van der Waals surface area (Å²) in [5, 5.41) is 0. The third-order valence-corrected chi connectivity index (χ3v) is 3.89. The molecule has 1 rings (SSSR count). The maximum atomic E-state index is 12.0. The molecule has 4 nitrogen and oxygen atoms in total. The molecule has 0 radical (unpaired) electrons. The van der Waals surface area contributed by atoms with E-state index in [1.54, 1.807) is 26.0 Å². The number of nitrogens with two attached hydrogens (primary N) is 1. The van der Waals surface area contributed by atoms with Crippen LogP contribution in [-0.2, 0) is 16.4 Å². The van der Waals surface area contributed by atoms with Crippen molar-refractivity contribution in [3.8, 4) is 0 Å². The molecule has 0 aliphatic carbocycles. The zero-order valence-corrected chi connectivity index (χ0v) is 10.6. The van der Waals surface area contributed by atoms with Crippen LogP contribution in [0.2, 0.25) is 0 Å². The molecule has 90 valence electrons. The van der Waals surface area contributed by atoms with Gasteiger partial charge >= 0.3 is 0 Å². The first-order valence-corrected chi connectivity index (χ1v) is 6.76. The van der Waals surface area contributed by atoms with Crippen molar-refractivity contribution in [2.24, 2.45) is 0 Å². The quantitative estimate of drug-likeness (QED) is 0.786. The molecule has 0 aromatic heterocycles. The van der Waals surface area contributed by atoms with E-state index in [1.807, 2.05) is 6.92 Å². The Hall–Kier alpha value is -1.07. The summed E-state index contributed by atoms with van der Waals surface area (Å²) in [6, 6.07) is 4.84. The molecular formula is C11H18N2O2S. The highest BCUT2D eigenvalue weighted by molar-refractivity contribution is 7.89. The summed E-state index contributed by atoms with van der Waals surface area (Å²) in [5.74, 6) is 0. The number of rotatable bonds is 4. The van der Waals surface area contributed by atoms with Crippen LogP contribution in [0.25, 0.3) is 0 Å². The van der Waals surface area contributed by atoms with Crippen molar-refractivity contribution in [1.29, 1.82) is 0 Å². The third-order valence-electron chi connectivity index (χ3n) is 2.15. The molecule has 0 saturated carbocycles. The van der Waals surface area contributed by atoms with Crippen LogP contribution in [0.15, 0.2) is 23.1 Å². The van der Waals surface area contributed by atoms with Gasteiger partial charge in [-0.1, -0.05) is 13.0 Å². The van der Waals surface area contributed by atoms with Crippen molar-refractivity contribution >= 4 is 15.7 Å². The second-order valence-electron chi connectivity index (χ2n) is 4.00. The lowest BCUT2D eigenvalue weighted by molar-refractivity contribution is 0.569. The van der Waals surface area contributed by atoms with E-state index in [0.717, 1.165) is 5.56 Å². The molecule has 3 N–H and O–H groups in total. The van der Waals surface area contributed by atoms with Gasteiger partial charge in [0.05, 0.1) is 4.90 Å². The first-order chi connectivity index (χ1) is 7.36. The van der Waals surface area contributed by atoms with Gasteiger partial charge in [-0.05, 0) is 38.0 Å². The van der Waals surface area contributed by atoms with Crippen LogP contribution >= 0.6 is 0 Å². The number of benzene rings is 1. The van der Waals surface area contributed by atoms with Crippen molar-refractivity contribution in [3.05, 3.63) is 23.8 Å². The standard InChI is InChI=1S/C11H18N2O2S/c1-4-9-5-6-10(12)7-11(9)16(14,15)13-8(2)3/h5-8,13H,4,12H2,1-3H3. The number of nitrogen functional groups attached to an aromatic ring is 1. The van der Waals surface area contributed by atoms with E-state index < -0.39 is 10.0 Å². The minimum Gasteiger partial charge on any atom is -0.399 e. The maximum absolute atomic E-state index is 12.0. The number of nitrogens with one attached hydrogen (secondary N) is 1. The molecule has 0 heterocycles. The highest BCUT2D eigenvalue weighted by Gasteiger charge is 2.18. The highest BCUT2D eigenvalue weighted by Crippen LogP contribution is 2.19. The Morgan fingerprint density at radius 1 is 1.38 bits per heavy atom. The summed E-state index contributed by atoms with van der Waals surface area (Å²) in [6.45, 7) is 5.49. The number of aryl methyl sites for hydroxylation is 1. The van der Waals surface area contributed by atoms with E-state index in [-0.39, 0.29) is 10.9 Å². The second kappa shape index (κ2) is 4.84. The summed E-state index contributed by atoms with van der Waals surface area (Å²) in [6.07, 6.45) is 0.661. The summed E-state index contributed by atoms with van der Waals surface area (Å²) in [7, 11) is -3.45. The molecule has 1 aromatic rings. The zero-order chi connectivity index (χ0) is 12.3. The summed E-state index contributed by atoms with van der Waals surface area (Å²) >= 11 is 0. The first-order valence-electron chi connectivity index (χ1n) is 5.27. The van der Waals surface area contributed by atoms with Crippen LogP contribution in [0.3, 0.4) is 0 Å². The van der Waals surface area contributed by atoms with Gasteiger partial charge in [-0.3, -0.25) is 0 Å². The molecule has 1 aromatic carbocycles. The van der Waals surface area contributed by atoms with Crippen LogP contribution in [0.1, 0.15) is 26.3 Å². The van der Waals surface area contributed by atoms with Gasteiger partial charge in [0.2, 0.25) is 10.0 Å². The Morgan fingerprint density at radius 2 is 2.00 bits per heavy atom. The topological polar surface area (TPSA) is 72.2 Å². The Bertz CT molecular complexity index is 467. The molecule has 0 bridgehead atoms. The van der Waals surface area contributed by atoms with Crippen LogP contribution in [0.4, 0.5) is 5.69 Å².